The van der Waals surface area contributed by atoms with Crippen molar-refractivity contribution >= 4 is 17.7 Å². The smallest absolute Gasteiger partial charge is 0.167 e. The molecule has 7 nitrogen and oxygen atoms in total. The van der Waals surface area contributed by atoms with Crippen LogP contribution in [0.15, 0.2) is 66.0 Å². The Morgan fingerprint density at radius 1 is 1.00 bits per heavy atom. The van der Waals surface area contributed by atoms with Gasteiger partial charge in [0.2, 0.25) is 0 Å². The standard InChI is InChI=1S/C28H23FN4O3/c1-35-20-12-19(13-21(15-20)36-2)26(34)14-18-10-17(5-6-23(18)29)11-25-22(4-3-8-30-25)27-28-24(7-9-31-28)32-16-33-27/h3-6,8-10,12-13,15-16H,7,11,14H2,1-2H3. The molecule has 0 amide bonds. The number of rotatable bonds is 8. The minimum Gasteiger partial charge on any atom is -0.497 e. The van der Waals surface area contributed by atoms with Gasteiger partial charge in [0.25, 0.3) is 0 Å². The van der Waals surface area contributed by atoms with Gasteiger partial charge in [0, 0.05) is 48.9 Å². The predicted molar refractivity (Wildman–Crippen MR) is 134 cm³/mol. The fraction of sp³-hybridized carbons (Fsp3) is 0.179. The van der Waals surface area contributed by atoms with E-state index >= 15 is 0 Å². The summed E-state index contributed by atoms with van der Waals surface area (Å²) in [6.45, 7) is 0. The van der Waals surface area contributed by atoms with Gasteiger partial charge >= 0.3 is 0 Å². The number of halogens is 1. The summed E-state index contributed by atoms with van der Waals surface area (Å²) < 4.78 is 25.2. The van der Waals surface area contributed by atoms with Gasteiger partial charge in [-0.1, -0.05) is 12.1 Å². The van der Waals surface area contributed by atoms with Crippen LogP contribution in [0.5, 0.6) is 11.5 Å². The first-order valence-corrected chi connectivity index (χ1v) is 11.4. The van der Waals surface area contributed by atoms with Crippen LogP contribution in [0.3, 0.4) is 0 Å². The number of ketones is 1. The van der Waals surface area contributed by atoms with E-state index in [9.17, 15) is 9.18 Å². The average molecular weight is 483 g/mol. The Hall–Kier alpha value is -4.46. The first-order valence-electron chi connectivity index (χ1n) is 11.4. The fourth-order valence-electron chi connectivity index (χ4n) is 4.23. The van der Waals surface area contributed by atoms with Gasteiger partial charge in [0.05, 0.1) is 25.6 Å². The lowest BCUT2D eigenvalue weighted by Crippen LogP contribution is -2.07. The lowest BCUT2D eigenvalue weighted by Gasteiger charge is -2.12. The summed E-state index contributed by atoms with van der Waals surface area (Å²) in [5.41, 5.74) is 5.52. The number of benzene rings is 2. The van der Waals surface area contributed by atoms with E-state index in [0.29, 0.717) is 35.5 Å². The molecule has 0 radical (unpaired) electrons. The number of ether oxygens (including phenoxy) is 2. The maximum absolute atomic E-state index is 14.7. The van der Waals surface area contributed by atoms with E-state index in [-0.39, 0.29) is 12.2 Å². The van der Waals surface area contributed by atoms with E-state index in [1.807, 2.05) is 18.3 Å². The monoisotopic (exact) mass is 482 g/mol. The van der Waals surface area contributed by atoms with Gasteiger partial charge in [-0.2, -0.15) is 0 Å². The van der Waals surface area contributed by atoms with E-state index in [0.717, 1.165) is 33.9 Å². The highest BCUT2D eigenvalue weighted by atomic mass is 19.1. The van der Waals surface area contributed by atoms with E-state index in [4.69, 9.17) is 9.47 Å². The first kappa shape index (κ1) is 23.3. The summed E-state index contributed by atoms with van der Waals surface area (Å²) in [6.07, 6.45) is 6.09. The zero-order chi connectivity index (χ0) is 25.1. The minimum atomic E-state index is -0.439. The lowest BCUT2D eigenvalue weighted by molar-refractivity contribution is 0.0991. The van der Waals surface area contributed by atoms with Crippen molar-refractivity contribution in [1.82, 2.24) is 15.0 Å². The van der Waals surface area contributed by atoms with Crippen LogP contribution >= 0.6 is 0 Å². The van der Waals surface area contributed by atoms with Crippen LogP contribution in [0.1, 0.15) is 32.9 Å². The molecular formula is C28H23FN4O3. The number of carbonyl (C=O) groups excluding carboxylic acids is 1. The molecule has 0 bridgehead atoms. The Morgan fingerprint density at radius 2 is 1.81 bits per heavy atom. The maximum Gasteiger partial charge on any atom is 0.167 e. The van der Waals surface area contributed by atoms with E-state index < -0.39 is 5.82 Å². The molecule has 0 spiro atoms. The molecule has 0 atom stereocenters. The number of nitrogens with zero attached hydrogens (tertiary/aromatic N) is 4. The summed E-state index contributed by atoms with van der Waals surface area (Å²) in [5.74, 6) is 0.313. The van der Waals surface area contributed by atoms with Gasteiger partial charge in [-0.25, -0.2) is 14.4 Å². The van der Waals surface area contributed by atoms with Gasteiger partial charge in [-0.05, 0) is 41.5 Å². The van der Waals surface area contributed by atoms with Gasteiger partial charge in [-0.15, -0.1) is 0 Å². The molecule has 0 aliphatic carbocycles. The number of hydrogen-bond donors (Lipinski definition) is 0. The molecule has 180 valence electrons. The zero-order valence-electron chi connectivity index (χ0n) is 19.9. The summed E-state index contributed by atoms with van der Waals surface area (Å²) in [4.78, 5) is 30.8. The molecule has 2 aromatic heterocycles. The Kier molecular flexibility index (Phi) is 6.49. The molecule has 8 heteroatoms. The number of aromatic nitrogens is 3. The molecule has 0 saturated heterocycles. The SMILES string of the molecule is COc1cc(OC)cc(C(=O)Cc2cc(Cc3ncccc3-c3ncnc4c3N=CC4)ccc2F)c1. The zero-order valence-corrected chi connectivity index (χ0v) is 19.9. The van der Waals surface area contributed by atoms with E-state index in [1.54, 1.807) is 36.5 Å². The van der Waals surface area contributed by atoms with Crippen molar-refractivity contribution in [3.63, 3.8) is 0 Å². The third-order valence-electron chi connectivity index (χ3n) is 6.05. The summed E-state index contributed by atoms with van der Waals surface area (Å²) in [5, 5.41) is 0. The van der Waals surface area contributed by atoms with E-state index in [2.05, 4.69) is 19.9 Å². The van der Waals surface area contributed by atoms with Crippen LogP contribution in [-0.2, 0) is 19.3 Å². The number of fused-ring (bicyclic) bond motifs is 1. The average Bonchev–Trinajstić information content (AvgIpc) is 3.40. The van der Waals surface area contributed by atoms with Gasteiger partial charge in [-0.3, -0.25) is 14.8 Å². The number of methoxy groups -OCH3 is 2. The van der Waals surface area contributed by atoms with Gasteiger partial charge in [0.15, 0.2) is 5.78 Å². The molecule has 0 N–H and O–H groups in total. The second kappa shape index (κ2) is 10.0. The quantitative estimate of drug-likeness (QED) is 0.330. The van der Waals surface area contributed by atoms with Crippen LogP contribution < -0.4 is 9.47 Å². The molecule has 1 aliphatic rings. The molecule has 1 aliphatic heterocycles. The molecule has 2 aromatic carbocycles. The van der Waals surface area contributed by atoms with Crippen LogP contribution in [0.2, 0.25) is 0 Å². The number of hydrogen-bond acceptors (Lipinski definition) is 7. The molecule has 4 aromatic rings. The molecule has 0 fully saturated rings. The third-order valence-corrected chi connectivity index (χ3v) is 6.05. The van der Waals surface area contributed by atoms with Crippen LogP contribution in [-0.4, -0.2) is 41.2 Å². The molecule has 0 saturated carbocycles. The maximum atomic E-state index is 14.7. The number of aliphatic imine (C=N–C) groups is 1. The molecular weight excluding hydrogens is 459 g/mol. The summed E-state index contributed by atoms with van der Waals surface area (Å²) in [7, 11) is 3.03. The fourth-order valence-corrected chi connectivity index (χ4v) is 4.23. The van der Waals surface area contributed by atoms with Crippen molar-refractivity contribution in [3.05, 3.63) is 95.0 Å². The van der Waals surface area contributed by atoms with Gasteiger partial charge in [0.1, 0.15) is 35.0 Å². The Balaban J connectivity index is 1.43. The third kappa shape index (κ3) is 4.70. The number of carbonyl (C=O) groups is 1. The largest absolute Gasteiger partial charge is 0.497 e. The summed E-state index contributed by atoms with van der Waals surface area (Å²) >= 11 is 0. The van der Waals surface area contributed by atoms with Crippen molar-refractivity contribution in [1.29, 1.82) is 0 Å². The van der Waals surface area contributed by atoms with Gasteiger partial charge < -0.3 is 9.47 Å². The van der Waals surface area contributed by atoms with Crippen LogP contribution in [0.25, 0.3) is 11.3 Å². The van der Waals surface area contributed by atoms with Crippen molar-refractivity contribution in [2.75, 3.05) is 14.2 Å². The Labute approximate surface area is 207 Å². The van der Waals surface area contributed by atoms with Crippen molar-refractivity contribution in [2.45, 2.75) is 19.3 Å². The van der Waals surface area contributed by atoms with E-state index in [1.165, 1.54) is 26.6 Å². The Bertz CT molecular complexity index is 1460. The van der Waals surface area contributed by atoms with Crippen molar-refractivity contribution in [2.24, 2.45) is 4.99 Å². The molecule has 5 rings (SSSR count). The highest BCUT2D eigenvalue weighted by Gasteiger charge is 2.19. The number of pyridine rings is 1. The lowest BCUT2D eigenvalue weighted by atomic mass is 9.97. The van der Waals surface area contributed by atoms with Crippen molar-refractivity contribution in [3.8, 4) is 22.8 Å². The molecule has 0 unspecified atom stereocenters. The highest BCUT2D eigenvalue weighted by Crippen LogP contribution is 2.35. The highest BCUT2D eigenvalue weighted by molar-refractivity contribution is 5.98. The number of Topliss-reactive ketones (excluding diaryl/α,β-unsaturated/α-hetero) is 1. The summed E-state index contributed by atoms with van der Waals surface area (Å²) in [6, 6.07) is 13.5. The molecule has 3 heterocycles. The second-order valence-corrected chi connectivity index (χ2v) is 8.33. The first-order chi connectivity index (χ1) is 17.6. The predicted octanol–water partition coefficient (Wildman–Crippen LogP) is 4.97. The van der Waals surface area contributed by atoms with Crippen LogP contribution in [0, 0.1) is 5.82 Å². The normalized spacial score (nSPS) is 11.9. The molecule has 36 heavy (non-hydrogen) atoms. The minimum absolute atomic E-state index is 0.0980. The topological polar surface area (TPSA) is 86.6 Å². The van der Waals surface area contributed by atoms with Crippen LogP contribution in [0.4, 0.5) is 10.1 Å². The van der Waals surface area contributed by atoms with Crippen molar-refractivity contribution < 1.29 is 18.7 Å². The Morgan fingerprint density at radius 3 is 2.58 bits per heavy atom. The second-order valence-electron chi connectivity index (χ2n) is 8.33.